The van der Waals surface area contributed by atoms with Gasteiger partial charge in [-0.2, -0.15) is 4.68 Å². The number of urea groups is 1. The molecule has 1 fully saturated rings. The predicted octanol–water partition coefficient (Wildman–Crippen LogP) is 6.69. The summed E-state index contributed by atoms with van der Waals surface area (Å²) in [6.07, 6.45) is -0.911. The molecular formula is C44H44N6O7S. The zero-order valence-corrected chi connectivity index (χ0v) is 32.8. The lowest BCUT2D eigenvalue weighted by atomic mass is 9.91. The molecule has 5 aromatic carbocycles. The lowest BCUT2D eigenvalue weighted by Gasteiger charge is -2.41. The molecule has 0 spiro atoms. The van der Waals surface area contributed by atoms with E-state index in [2.05, 4.69) is 33.1 Å². The van der Waals surface area contributed by atoms with E-state index in [1.165, 1.54) is 18.9 Å². The van der Waals surface area contributed by atoms with E-state index < -0.39 is 24.3 Å². The second kappa shape index (κ2) is 18.9. The van der Waals surface area contributed by atoms with Crippen LogP contribution in [0.25, 0.3) is 16.8 Å². The lowest BCUT2D eigenvalue weighted by Crippen LogP contribution is -2.47. The highest BCUT2D eigenvalue weighted by molar-refractivity contribution is 7.99. The molecule has 0 saturated carbocycles. The van der Waals surface area contributed by atoms with E-state index in [4.69, 9.17) is 14.2 Å². The van der Waals surface area contributed by atoms with Gasteiger partial charge in [-0.05, 0) is 74.1 Å². The van der Waals surface area contributed by atoms with Crippen LogP contribution in [0.2, 0.25) is 0 Å². The van der Waals surface area contributed by atoms with Crippen molar-refractivity contribution in [2.24, 2.45) is 5.92 Å². The Morgan fingerprint density at radius 3 is 2.29 bits per heavy atom. The van der Waals surface area contributed by atoms with Gasteiger partial charge >= 0.3 is 12.0 Å². The molecule has 1 aliphatic heterocycles. The van der Waals surface area contributed by atoms with Gasteiger partial charge in [-0.3, -0.25) is 0 Å². The zero-order valence-electron chi connectivity index (χ0n) is 32.0. The van der Waals surface area contributed by atoms with Crippen molar-refractivity contribution in [2.75, 3.05) is 12.9 Å². The number of esters is 1. The number of ether oxygens (including phenoxy) is 3. The molecule has 7 rings (SSSR count). The Labute approximate surface area is 340 Å². The highest BCUT2D eigenvalue weighted by Crippen LogP contribution is 2.43. The predicted molar refractivity (Wildman–Crippen MR) is 218 cm³/mol. The molecule has 1 aromatic heterocycles. The average molecular weight is 801 g/mol. The number of benzene rings is 5. The quantitative estimate of drug-likeness (QED) is 0.0684. The smallest absolute Gasteiger partial charge is 0.328 e. The minimum atomic E-state index is -0.829. The number of methoxy groups -OCH3 is 1. The van der Waals surface area contributed by atoms with Crippen molar-refractivity contribution in [3.8, 4) is 22.6 Å². The first-order chi connectivity index (χ1) is 28.3. The molecule has 2 amide bonds. The Hall–Kier alpha value is -6.06. The van der Waals surface area contributed by atoms with Crippen LogP contribution in [0.4, 0.5) is 4.79 Å². The van der Waals surface area contributed by atoms with Crippen molar-refractivity contribution in [3.05, 3.63) is 155 Å². The molecule has 0 radical (unpaired) electrons. The van der Waals surface area contributed by atoms with E-state index >= 15 is 0 Å². The topological polar surface area (TPSA) is 170 Å². The third kappa shape index (κ3) is 9.90. The molecule has 1 aliphatic rings. The van der Waals surface area contributed by atoms with Gasteiger partial charge in [0, 0.05) is 30.2 Å². The van der Waals surface area contributed by atoms with E-state index in [0.29, 0.717) is 17.3 Å². The summed E-state index contributed by atoms with van der Waals surface area (Å²) >= 11 is 1.48. The number of carbonyl (C=O) groups is 2. The molecular weight excluding hydrogens is 757 g/mol. The third-order valence-corrected chi connectivity index (χ3v) is 11.0. The van der Waals surface area contributed by atoms with Crippen LogP contribution in [0.15, 0.2) is 133 Å². The number of amides is 2. The fraction of sp³-hybridized carbons (Fsp3) is 0.250. The number of nitrogens with zero attached hydrogens (tertiary/aromatic N) is 4. The van der Waals surface area contributed by atoms with E-state index in [9.17, 15) is 19.8 Å². The number of rotatable bonds is 14. The number of thioether (sulfide) groups is 1. The van der Waals surface area contributed by atoms with E-state index in [-0.39, 0.29) is 37.0 Å². The minimum Gasteiger partial charge on any atom is -0.508 e. The molecule has 0 bridgehead atoms. The summed E-state index contributed by atoms with van der Waals surface area (Å²) in [6, 6.07) is 38.5. The largest absolute Gasteiger partial charge is 0.508 e. The van der Waals surface area contributed by atoms with Crippen molar-refractivity contribution in [1.82, 2.24) is 30.8 Å². The third-order valence-electron chi connectivity index (χ3n) is 10.0. The second-order valence-corrected chi connectivity index (χ2v) is 14.9. The van der Waals surface area contributed by atoms with E-state index in [0.717, 1.165) is 44.6 Å². The number of phenols is 1. The molecule has 58 heavy (non-hydrogen) atoms. The van der Waals surface area contributed by atoms with Gasteiger partial charge in [-0.1, -0.05) is 116 Å². The van der Waals surface area contributed by atoms with E-state index in [1.807, 2.05) is 103 Å². The summed E-state index contributed by atoms with van der Waals surface area (Å²) in [5.41, 5.74) is 7.09. The first-order valence-corrected chi connectivity index (χ1v) is 19.8. The number of aliphatic hydroxyl groups excluding tert-OH is 1. The van der Waals surface area contributed by atoms with Crippen LogP contribution in [-0.4, -0.2) is 67.4 Å². The summed E-state index contributed by atoms with van der Waals surface area (Å²) in [7, 11) is 1.30. The number of hydrogen-bond donors (Lipinski definition) is 4. The van der Waals surface area contributed by atoms with Crippen LogP contribution in [0.1, 0.15) is 47.1 Å². The zero-order chi connectivity index (χ0) is 40.4. The number of tetrazole rings is 1. The van der Waals surface area contributed by atoms with Crippen molar-refractivity contribution in [3.63, 3.8) is 0 Å². The normalized spacial score (nSPS) is 18.3. The Bertz CT molecular complexity index is 2270. The van der Waals surface area contributed by atoms with Gasteiger partial charge in [0.1, 0.15) is 11.8 Å². The number of phenolic OH excluding ortho intramolecular Hbond substituents is 1. The van der Waals surface area contributed by atoms with Gasteiger partial charge in [0.2, 0.25) is 5.16 Å². The first kappa shape index (κ1) is 40.1. The van der Waals surface area contributed by atoms with Crippen molar-refractivity contribution in [1.29, 1.82) is 0 Å². The molecule has 14 heteroatoms. The molecule has 298 valence electrons. The van der Waals surface area contributed by atoms with Crippen LogP contribution in [0.5, 0.6) is 5.75 Å². The maximum absolute atomic E-state index is 12.9. The molecule has 6 aromatic rings. The lowest BCUT2D eigenvalue weighted by molar-refractivity contribution is -0.268. The number of hydrogen-bond acceptors (Lipinski definition) is 11. The molecule has 2 heterocycles. The summed E-state index contributed by atoms with van der Waals surface area (Å²) in [5.74, 6) is 0.129. The van der Waals surface area contributed by atoms with Crippen LogP contribution < -0.4 is 10.6 Å². The number of carbonyl (C=O) groups excluding carboxylic acids is 2. The van der Waals surface area contributed by atoms with Gasteiger partial charge < -0.3 is 35.1 Å². The maximum Gasteiger partial charge on any atom is 0.328 e. The van der Waals surface area contributed by atoms with Crippen LogP contribution in [0.3, 0.4) is 0 Å². The number of nitrogens with one attached hydrogen (secondary N) is 2. The fourth-order valence-corrected chi connectivity index (χ4v) is 7.82. The first-order valence-electron chi connectivity index (χ1n) is 18.8. The standard InChI is InChI=1S/C44H44N6O7S/c1-28-39(27-58-44-47-48-49-50(44)36-19-21-37(52)22-20-36)56-42(57-40(28)33-13-11-30(26-51)12-14-33)34-17-15-32(16-18-34)35-10-6-9-31(23-35)25-45-43(54)46-38(41(53)55-2)24-29-7-4-3-5-8-29/h3-23,28,38-40,42,51-52H,24-27H2,1-2H3,(H2,45,46,54)/t28-,38-,39+,40+,42+/m0/s1. The van der Waals surface area contributed by atoms with Gasteiger partial charge in [0.25, 0.3) is 0 Å². The van der Waals surface area contributed by atoms with Crippen molar-refractivity contribution < 1.29 is 34.0 Å². The summed E-state index contributed by atoms with van der Waals surface area (Å²) in [4.78, 5) is 25.3. The molecule has 0 unspecified atom stereocenters. The molecule has 0 aliphatic carbocycles. The Balaban J connectivity index is 1.03. The fourth-order valence-electron chi connectivity index (χ4n) is 6.76. The number of aromatic nitrogens is 4. The van der Waals surface area contributed by atoms with Gasteiger partial charge in [-0.25, -0.2) is 9.59 Å². The molecule has 5 atom stereocenters. The second-order valence-electron chi connectivity index (χ2n) is 13.9. The van der Waals surface area contributed by atoms with Gasteiger partial charge in [0.05, 0.1) is 31.6 Å². The molecule has 4 N–H and O–H groups in total. The Morgan fingerprint density at radius 1 is 0.845 bits per heavy atom. The van der Waals surface area contributed by atoms with Gasteiger partial charge in [0.15, 0.2) is 6.29 Å². The highest BCUT2D eigenvalue weighted by Gasteiger charge is 2.38. The number of aromatic hydroxyl groups is 1. The van der Waals surface area contributed by atoms with Crippen molar-refractivity contribution in [2.45, 2.75) is 56.2 Å². The van der Waals surface area contributed by atoms with Gasteiger partial charge in [-0.15, -0.1) is 5.10 Å². The highest BCUT2D eigenvalue weighted by atomic mass is 32.2. The Morgan fingerprint density at radius 2 is 1.57 bits per heavy atom. The average Bonchev–Trinajstić information content (AvgIpc) is 3.74. The molecule has 13 nitrogen and oxygen atoms in total. The SMILES string of the molecule is COC(=O)[C@H](Cc1ccccc1)NC(=O)NCc1cccc(-c2ccc([C@@H]3O[C@H](CSc4nnnn4-c4ccc(O)cc4)[C@H](C)[C@H](c4ccc(CO)cc4)O3)cc2)c1. The summed E-state index contributed by atoms with van der Waals surface area (Å²) in [6.45, 7) is 2.31. The van der Waals surface area contributed by atoms with Crippen LogP contribution in [-0.2, 0) is 38.6 Å². The Kier molecular flexibility index (Phi) is 13.1. The minimum absolute atomic E-state index is 0.0458. The van der Waals surface area contributed by atoms with E-state index in [1.54, 1.807) is 28.9 Å². The van der Waals surface area contributed by atoms with Crippen molar-refractivity contribution >= 4 is 23.8 Å². The summed E-state index contributed by atoms with van der Waals surface area (Å²) in [5, 5.41) is 37.9. The van der Waals surface area contributed by atoms with Crippen LogP contribution >= 0.6 is 11.8 Å². The van der Waals surface area contributed by atoms with Crippen LogP contribution in [0, 0.1) is 5.92 Å². The summed E-state index contributed by atoms with van der Waals surface area (Å²) < 4.78 is 19.9. The maximum atomic E-state index is 12.9. The number of aliphatic hydroxyl groups is 1. The molecule has 1 saturated heterocycles. The monoisotopic (exact) mass is 800 g/mol.